The van der Waals surface area contributed by atoms with Crippen LogP contribution in [-0.4, -0.2) is 24.8 Å². The van der Waals surface area contributed by atoms with Crippen LogP contribution in [0.15, 0.2) is 23.1 Å². The molecule has 1 fully saturated rings. The third-order valence-electron chi connectivity index (χ3n) is 3.94. The Morgan fingerprint density at radius 2 is 2.06 bits per heavy atom. The summed E-state index contributed by atoms with van der Waals surface area (Å²) < 4.78 is 26.8. The van der Waals surface area contributed by atoms with Crippen molar-refractivity contribution in [1.82, 2.24) is 4.31 Å². The highest BCUT2D eigenvalue weighted by molar-refractivity contribution is 7.89. The van der Waals surface area contributed by atoms with Crippen LogP contribution in [-0.2, 0) is 16.4 Å². The fourth-order valence-electron chi connectivity index (χ4n) is 3.16. The van der Waals surface area contributed by atoms with Crippen LogP contribution in [0.5, 0.6) is 0 Å². The van der Waals surface area contributed by atoms with E-state index < -0.39 is 10.0 Å². The largest absolute Gasteiger partial charge is 0.243 e. The van der Waals surface area contributed by atoms with E-state index in [1.54, 1.807) is 10.4 Å². The molecule has 0 bridgehead atoms. The number of fused-ring (bicyclic) bond motifs is 2. The van der Waals surface area contributed by atoms with Gasteiger partial charge in [-0.3, -0.25) is 0 Å². The lowest BCUT2D eigenvalue weighted by atomic mass is 10.0. The van der Waals surface area contributed by atoms with E-state index in [-0.39, 0.29) is 12.1 Å². The van der Waals surface area contributed by atoms with E-state index >= 15 is 0 Å². The molecule has 2 atom stereocenters. The number of aryl methyl sites for hydroxylation is 1. The van der Waals surface area contributed by atoms with E-state index in [0.717, 1.165) is 30.4 Å². The highest BCUT2D eigenvalue weighted by Crippen LogP contribution is 2.38. The summed E-state index contributed by atoms with van der Waals surface area (Å²) in [6.07, 6.45) is 2.85. The van der Waals surface area contributed by atoms with Crippen molar-refractivity contribution in [1.29, 1.82) is 0 Å². The van der Waals surface area contributed by atoms with Crippen LogP contribution in [0.3, 0.4) is 0 Å². The third kappa shape index (κ3) is 1.54. The van der Waals surface area contributed by atoms with Crippen molar-refractivity contribution in [3.05, 3.63) is 29.3 Å². The summed E-state index contributed by atoms with van der Waals surface area (Å²) in [5.74, 6) is 0. The summed E-state index contributed by atoms with van der Waals surface area (Å²) >= 11 is 0. The molecular weight excluding hydrogens is 234 g/mol. The number of sulfonamides is 1. The molecule has 1 aromatic carbocycles. The number of hydrogen-bond acceptors (Lipinski definition) is 2. The second-order valence-corrected chi connectivity index (χ2v) is 7.04. The summed E-state index contributed by atoms with van der Waals surface area (Å²) in [6, 6.07) is 6.01. The first-order chi connectivity index (χ1) is 8.00. The van der Waals surface area contributed by atoms with Gasteiger partial charge < -0.3 is 0 Å². The monoisotopic (exact) mass is 251 g/mol. The van der Waals surface area contributed by atoms with Crippen LogP contribution in [0, 0.1) is 6.92 Å². The summed E-state index contributed by atoms with van der Waals surface area (Å²) in [7, 11) is -3.25. The standard InChI is InChI=1S/C13H17NO2S/c1-9-3-6-13-11(7-9)8-12-5-4-10(2)14(12)17(13,15)16/h3,6-7,10,12H,4-5,8H2,1-2H3. The lowest BCUT2D eigenvalue weighted by Gasteiger charge is -2.33. The van der Waals surface area contributed by atoms with Crippen molar-refractivity contribution in [3.63, 3.8) is 0 Å². The maximum absolute atomic E-state index is 12.5. The van der Waals surface area contributed by atoms with Crippen LogP contribution in [0.25, 0.3) is 0 Å². The van der Waals surface area contributed by atoms with Crippen molar-refractivity contribution in [3.8, 4) is 0 Å². The van der Waals surface area contributed by atoms with Gasteiger partial charge in [-0.05, 0) is 44.7 Å². The molecule has 3 rings (SSSR count). The molecule has 2 heterocycles. The predicted octanol–water partition coefficient (Wildman–Crippen LogP) is 2.09. The van der Waals surface area contributed by atoms with Crippen molar-refractivity contribution in [2.45, 2.75) is 50.1 Å². The summed E-state index contributed by atoms with van der Waals surface area (Å²) in [5, 5.41) is 0. The number of benzene rings is 1. The second-order valence-electron chi connectivity index (χ2n) is 5.23. The van der Waals surface area contributed by atoms with E-state index in [1.165, 1.54) is 0 Å². The maximum Gasteiger partial charge on any atom is 0.243 e. The number of hydrogen-bond donors (Lipinski definition) is 0. The predicted molar refractivity (Wildman–Crippen MR) is 66.4 cm³/mol. The smallest absolute Gasteiger partial charge is 0.207 e. The average Bonchev–Trinajstić information content (AvgIpc) is 2.60. The molecule has 0 spiro atoms. The molecule has 0 radical (unpaired) electrons. The highest BCUT2D eigenvalue weighted by Gasteiger charge is 2.44. The van der Waals surface area contributed by atoms with Crippen molar-refractivity contribution in [2.24, 2.45) is 0 Å². The highest BCUT2D eigenvalue weighted by atomic mass is 32.2. The van der Waals surface area contributed by atoms with Gasteiger partial charge in [0.2, 0.25) is 10.0 Å². The van der Waals surface area contributed by atoms with Gasteiger partial charge in [0.25, 0.3) is 0 Å². The molecule has 92 valence electrons. The second kappa shape index (κ2) is 3.56. The minimum atomic E-state index is -3.25. The zero-order valence-corrected chi connectivity index (χ0v) is 11.0. The molecule has 0 saturated carbocycles. The Morgan fingerprint density at radius 1 is 1.29 bits per heavy atom. The van der Waals surface area contributed by atoms with Gasteiger partial charge in [-0.2, -0.15) is 4.31 Å². The van der Waals surface area contributed by atoms with E-state index in [2.05, 4.69) is 0 Å². The van der Waals surface area contributed by atoms with Gasteiger partial charge in [0.1, 0.15) is 0 Å². The number of nitrogens with zero attached hydrogens (tertiary/aromatic N) is 1. The Morgan fingerprint density at radius 3 is 2.82 bits per heavy atom. The summed E-state index contributed by atoms with van der Waals surface area (Å²) in [4.78, 5) is 0.521. The Hall–Kier alpha value is -0.870. The molecule has 2 aliphatic heterocycles. The molecule has 2 aliphatic rings. The molecule has 0 N–H and O–H groups in total. The summed E-state index contributed by atoms with van der Waals surface area (Å²) in [5.41, 5.74) is 2.14. The van der Waals surface area contributed by atoms with E-state index in [0.29, 0.717) is 4.90 Å². The Labute approximate surface area is 102 Å². The van der Waals surface area contributed by atoms with Crippen LogP contribution in [0.2, 0.25) is 0 Å². The molecule has 4 heteroatoms. The fraction of sp³-hybridized carbons (Fsp3) is 0.538. The minimum Gasteiger partial charge on any atom is -0.207 e. The molecular formula is C13H17NO2S. The topological polar surface area (TPSA) is 37.4 Å². The Balaban J connectivity index is 2.19. The van der Waals surface area contributed by atoms with Crippen LogP contribution in [0.4, 0.5) is 0 Å². The van der Waals surface area contributed by atoms with Gasteiger partial charge in [0.05, 0.1) is 4.90 Å². The zero-order valence-electron chi connectivity index (χ0n) is 10.2. The molecule has 2 unspecified atom stereocenters. The minimum absolute atomic E-state index is 0.152. The Kier molecular flexibility index (Phi) is 2.35. The van der Waals surface area contributed by atoms with Crippen LogP contribution in [0.1, 0.15) is 30.9 Å². The van der Waals surface area contributed by atoms with Crippen molar-refractivity contribution in [2.75, 3.05) is 0 Å². The Bertz CT molecular complexity index is 565. The number of rotatable bonds is 0. The molecule has 0 amide bonds. The van der Waals surface area contributed by atoms with Gasteiger partial charge in [-0.25, -0.2) is 8.42 Å². The molecule has 17 heavy (non-hydrogen) atoms. The first-order valence-corrected chi connectivity index (χ1v) is 7.57. The van der Waals surface area contributed by atoms with Gasteiger partial charge in [-0.15, -0.1) is 0 Å². The summed E-state index contributed by atoms with van der Waals surface area (Å²) in [6.45, 7) is 4.02. The maximum atomic E-state index is 12.5. The SMILES string of the molecule is Cc1ccc2c(c1)CC1CCC(C)N1S2(=O)=O. The molecule has 3 nitrogen and oxygen atoms in total. The molecule has 0 aliphatic carbocycles. The van der Waals surface area contributed by atoms with E-state index in [1.807, 2.05) is 26.0 Å². The normalized spacial score (nSPS) is 30.9. The first kappa shape index (κ1) is 11.2. The average molecular weight is 251 g/mol. The molecule has 0 aromatic heterocycles. The quantitative estimate of drug-likeness (QED) is 0.708. The lowest BCUT2D eigenvalue weighted by Crippen LogP contribution is -2.44. The van der Waals surface area contributed by atoms with Crippen molar-refractivity contribution < 1.29 is 8.42 Å². The van der Waals surface area contributed by atoms with Gasteiger partial charge in [0, 0.05) is 12.1 Å². The third-order valence-corrected chi connectivity index (χ3v) is 6.11. The van der Waals surface area contributed by atoms with Gasteiger partial charge >= 0.3 is 0 Å². The molecule has 1 saturated heterocycles. The van der Waals surface area contributed by atoms with Crippen LogP contribution < -0.4 is 0 Å². The zero-order chi connectivity index (χ0) is 12.2. The molecule has 1 aromatic rings. The lowest BCUT2D eigenvalue weighted by molar-refractivity contribution is 0.321. The van der Waals surface area contributed by atoms with Gasteiger partial charge in [-0.1, -0.05) is 17.7 Å². The van der Waals surface area contributed by atoms with E-state index in [9.17, 15) is 8.42 Å². The fourth-order valence-corrected chi connectivity index (χ4v) is 5.25. The van der Waals surface area contributed by atoms with Gasteiger partial charge in [0.15, 0.2) is 0 Å². The first-order valence-electron chi connectivity index (χ1n) is 6.13. The van der Waals surface area contributed by atoms with Crippen molar-refractivity contribution >= 4 is 10.0 Å². The van der Waals surface area contributed by atoms with Crippen LogP contribution >= 0.6 is 0 Å². The van der Waals surface area contributed by atoms with E-state index in [4.69, 9.17) is 0 Å².